The lowest BCUT2D eigenvalue weighted by molar-refractivity contribution is -0.117. The number of rotatable bonds is 3. The van der Waals surface area contributed by atoms with Crippen molar-refractivity contribution in [3.8, 4) is 0 Å². The summed E-state index contributed by atoms with van der Waals surface area (Å²) in [5.74, 6) is -0.357. The maximum absolute atomic E-state index is 13.6. The fraction of sp³-hybridized carbons (Fsp3) is 0.364. The van der Waals surface area contributed by atoms with E-state index in [1.54, 1.807) is 17.0 Å². The maximum Gasteiger partial charge on any atom is 0.253 e. The molecular formula is C22H24FN3O2. The van der Waals surface area contributed by atoms with E-state index in [2.05, 4.69) is 0 Å². The summed E-state index contributed by atoms with van der Waals surface area (Å²) >= 11 is 0. The number of nitrogens with zero attached hydrogens (tertiary/aromatic N) is 3. The molecule has 2 aliphatic rings. The highest BCUT2D eigenvalue weighted by atomic mass is 19.1. The predicted molar refractivity (Wildman–Crippen MR) is 107 cm³/mol. The van der Waals surface area contributed by atoms with Crippen LogP contribution in [-0.4, -0.2) is 50.4 Å². The standard InChI is InChI=1S/C22H24FN3O2/c1-24(2)18-8-6-16(7-9-18)21(28)25-11-10-22(14-25)13-20(27)26(15-22)19-5-3-4-17(23)12-19/h3-9,12H,10-11,13-15H2,1-2H3. The lowest BCUT2D eigenvalue weighted by Gasteiger charge is -2.24. The molecule has 4 rings (SSSR count). The van der Waals surface area contributed by atoms with Crippen LogP contribution >= 0.6 is 0 Å². The van der Waals surface area contributed by atoms with Crippen LogP contribution in [0.5, 0.6) is 0 Å². The van der Waals surface area contributed by atoms with Gasteiger partial charge >= 0.3 is 0 Å². The molecule has 5 nitrogen and oxygen atoms in total. The molecule has 2 aromatic carbocycles. The zero-order valence-electron chi connectivity index (χ0n) is 16.2. The van der Waals surface area contributed by atoms with Crippen molar-refractivity contribution in [3.63, 3.8) is 0 Å². The first-order valence-electron chi connectivity index (χ1n) is 9.50. The predicted octanol–water partition coefficient (Wildman–Crippen LogP) is 3.16. The van der Waals surface area contributed by atoms with Gasteiger partial charge in [-0.2, -0.15) is 0 Å². The number of likely N-dealkylation sites (tertiary alicyclic amines) is 1. The molecule has 2 aromatic rings. The summed E-state index contributed by atoms with van der Waals surface area (Å²) < 4.78 is 13.6. The maximum atomic E-state index is 13.6. The number of hydrogen-bond donors (Lipinski definition) is 0. The third-order valence-electron chi connectivity index (χ3n) is 5.80. The average molecular weight is 381 g/mol. The fourth-order valence-electron chi connectivity index (χ4n) is 4.24. The van der Waals surface area contributed by atoms with Crippen LogP contribution < -0.4 is 9.80 Å². The molecule has 1 spiro atoms. The van der Waals surface area contributed by atoms with Gasteiger partial charge in [-0.25, -0.2) is 4.39 Å². The van der Waals surface area contributed by atoms with E-state index in [9.17, 15) is 14.0 Å². The fourth-order valence-corrected chi connectivity index (χ4v) is 4.24. The highest BCUT2D eigenvalue weighted by Gasteiger charge is 2.48. The molecule has 2 amide bonds. The Hall–Kier alpha value is -2.89. The number of anilines is 2. The third kappa shape index (κ3) is 3.35. The minimum Gasteiger partial charge on any atom is -0.378 e. The highest BCUT2D eigenvalue weighted by Crippen LogP contribution is 2.42. The molecule has 0 saturated carbocycles. The largest absolute Gasteiger partial charge is 0.378 e. The summed E-state index contributed by atoms with van der Waals surface area (Å²) in [5, 5.41) is 0. The number of carbonyl (C=O) groups excluding carboxylic acids is 2. The van der Waals surface area contributed by atoms with Crippen LogP contribution in [0.25, 0.3) is 0 Å². The first-order chi connectivity index (χ1) is 13.4. The molecule has 2 fully saturated rings. The number of amides is 2. The first kappa shape index (κ1) is 18.5. The second kappa shape index (κ2) is 6.93. The zero-order chi connectivity index (χ0) is 19.9. The number of benzene rings is 2. The van der Waals surface area contributed by atoms with Crippen LogP contribution in [0.1, 0.15) is 23.2 Å². The van der Waals surface area contributed by atoms with Crippen molar-refractivity contribution in [1.29, 1.82) is 0 Å². The quantitative estimate of drug-likeness (QED) is 0.820. The van der Waals surface area contributed by atoms with Crippen molar-refractivity contribution in [2.24, 2.45) is 5.41 Å². The van der Waals surface area contributed by atoms with Crippen LogP contribution in [0.3, 0.4) is 0 Å². The van der Waals surface area contributed by atoms with Gasteiger partial charge in [0.25, 0.3) is 5.91 Å². The summed E-state index contributed by atoms with van der Waals surface area (Å²) in [7, 11) is 3.92. The summed E-state index contributed by atoms with van der Waals surface area (Å²) in [6.45, 7) is 1.72. The van der Waals surface area contributed by atoms with Crippen molar-refractivity contribution >= 4 is 23.2 Å². The SMILES string of the molecule is CN(C)c1ccc(C(=O)N2CCC3(CC(=O)N(c4cccc(F)c4)C3)C2)cc1. The molecule has 0 aromatic heterocycles. The van der Waals surface area contributed by atoms with Crippen molar-refractivity contribution < 1.29 is 14.0 Å². The first-order valence-corrected chi connectivity index (χ1v) is 9.50. The average Bonchev–Trinajstić information content (AvgIpc) is 3.24. The molecule has 28 heavy (non-hydrogen) atoms. The Morgan fingerprint density at radius 1 is 1.11 bits per heavy atom. The van der Waals surface area contributed by atoms with Gasteiger partial charge in [0, 0.05) is 62.5 Å². The van der Waals surface area contributed by atoms with Gasteiger partial charge in [0.1, 0.15) is 5.82 Å². The molecule has 0 aliphatic carbocycles. The molecule has 2 aliphatic heterocycles. The summed E-state index contributed by atoms with van der Waals surface area (Å²) in [6.07, 6.45) is 1.18. The van der Waals surface area contributed by atoms with Crippen LogP contribution in [0.2, 0.25) is 0 Å². The van der Waals surface area contributed by atoms with Crippen LogP contribution in [0.4, 0.5) is 15.8 Å². The normalized spacial score (nSPS) is 21.6. The lowest BCUT2D eigenvalue weighted by Crippen LogP contribution is -2.34. The van der Waals surface area contributed by atoms with Crippen molar-refractivity contribution in [1.82, 2.24) is 4.90 Å². The van der Waals surface area contributed by atoms with Gasteiger partial charge in [-0.05, 0) is 48.9 Å². The minimum atomic E-state index is -0.351. The van der Waals surface area contributed by atoms with E-state index in [1.807, 2.05) is 48.2 Å². The molecular weight excluding hydrogens is 357 g/mol. The smallest absolute Gasteiger partial charge is 0.253 e. The number of hydrogen-bond acceptors (Lipinski definition) is 3. The van der Waals surface area contributed by atoms with Crippen LogP contribution in [0.15, 0.2) is 48.5 Å². The van der Waals surface area contributed by atoms with E-state index in [1.165, 1.54) is 12.1 Å². The Labute approximate surface area is 164 Å². The van der Waals surface area contributed by atoms with Crippen molar-refractivity contribution in [2.75, 3.05) is 43.5 Å². The Balaban J connectivity index is 1.47. The Kier molecular flexibility index (Phi) is 4.57. The van der Waals surface area contributed by atoms with Crippen LogP contribution in [0, 0.1) is 11.2 Å². The van der Waals surface area contributed by atoms with Crippen LogP contribution in [-0.2, 0) is 4.79 Å². The van der Waals surface area contributed by atoms with E-state index in [4.69, 9.17) is 0 Å². The molecule has 1 atom stereocenters. The molecule has 6 heteroatoms. The molecule has 0 bridgehead atoms. The van der Waals surface area contributed by atoms with E-state index in [0.717, 1.165) is 12.1 Å². The molecule has 146 valence electrons. The minimum absolute atomic E-state index is 0.00108. The van der Waals surface area contributed by atoms with Crippen molar-refractivity contribution in [3.05, 3.63) is 59.9 Å². The number of halogens is 1. The summed E-state index contributed by atoms with van der Waals surface area (Å²) in [6, 6.07) is 13.7. The van der Waals surface area contributed by atoms with E-state index in [-0.39, 0.29) is 23.0 Å². The van der Waals surface area contributed by atoms with Gasteiger partial charge in [0.15, 0.2) is 0 Å². The zero-order valence-corrected chi connectivity index (χ0v) is 16.2. The summed E-state index contributed by atoms with van der Waals surface area (Å²) in [5.41, 5.74) is 2.05. The van der Waals surface area contributed by atoms with Gasteiger partial charge in [0.05, 0.1) is 0 Å². The van der Waals surface area contributed by atoms with Crippen molar-refractivity contribution in [2.45, 2.75) is 12.8 Å². The second-order valence-electron chi connectivity index (χ2n) is 8.05. The topological polar surface area (TPSA) is 43.9 Å². The molecule has 0 N–H and O–H groups in total. The highest BCUT2D eigenvalue weighted by molar-refractivity contribution is 5.97. The van der Waals surface area contributed by atoms with Gasteiger partial charge < -0.3 is 14.7 Å². The molecule has 1 unspecified atom stereocenters. The molecule has 0 radical (unpaired) electrons. The Bertz CT molecular complexity index is 912. The third-order valence-corrected chi connectivity index (χ3v) is 5.80. The van der Waals surface area contributed by atoms with E-state index < -0.39 is 0 Å². The van der Waals surface area contributed by atoms with E-state index >= 15 is 0 Å². The molecule has 2 saturated heterocycles. The van der Waals surface area contributed by atoms with Gasteiger partial charge in [-0.3, -0.25) is 9.59 Å². The van der Waals surface area contributed by atoms with Gasteiger partial charge in [-0.1, -0.05) is 6.07 Å². The summed E-state index contributed by atoms with van der Waals surface area (Å²) in [4.78, 5) is 31.0. The monoisotopic (exact) mass is 381 g/mol. The van der Waals surface area contributed by atoms with E-state index in [0.29, 0.717) is 37.3 Å². The Morgan fingerprint density at radius 3 is 2.54 bits per heavy atom. The Morgan fingerprint density at radius 2 is 1.86 bits per heavy atom. The lowest BCUT2D eigenvalue weighted by atomic mass is 9.86. The molecule has 2 heterocycles. The van der Waals surface area contributed by atoms with Gasteiger partial charge in [0.2, 0.25) is 5.91 Å². The number of carbonyl (C=O) groups is 2. The second-order valence-corrected chi connectivity index (χ2v) is 8.05. The van der Waals surface area contributed by atoms with Gasteiger partial charge in [-0.15, -0.1) is 0 Å².